The van der Waals surface area contributed by atoms with Crippen molar-refractivity contribution in [1.29, 1.82) is 0 Å². The number of hydrogen-bond acceptors (Lipinski definition) is 6. The first-order chi connectivity index (χ1) is 12.2. The van der Waals surface area contributed by atoms with Gasteiger partial charge in [-0.2, -0.15) is 0 Å². The van der Waals surface area contributed by atoms with Crippen LogP contribution in [0.3, 0.4) is 0 Å². The van der Waals surface area contributed by atoms with Gasteiger partial charge < -0.3 is 24.6 Å². The van der Waals surface area contributed by atoms with Gasteiger partial charge in [0.25, 0.3) is 0 Å². The molecule has 8 heteroatoms. The molecule has 1 fully saturated rings. The van der Waals surface area contributed by atoms with Gasteiger partial charge in [-0.15, -0.1) is 0 Å². The van der Waals surface area contributed by atoms with E-state index in [0.717, 1.165) is 49.3 Å². The molecule has 0 amide bonds. The van der Waals surface area contributed by atoms with Crippen LogP contribution in [0.5, 0.6) is 11.5 Å². The molecule has 0 spiro atoms. The van der Waals surface area contributed by atoms with Crippen molar-refractivity contribution in [2.75, 3.05) is 50.6 Å². The second-order valence-corrected chi connectivity index (χ2v) is 5.94. The fraction of sp³-hybridized carbons (Fsp3) is 0.353. The Morgan fingerprint density at radius 3 is 2.16 bits per heavy atom. The Kier molecular flexibility index (Phi) is 5.49. The first kappa shape index (κ1) is 17.2. The fourth-order valence-electron chi connectivity index (χ4n) is 2.65. The standard InChI is InChI=1S/C17H21N5O2S/c1-23-14-10-13(11-15(12-14)24-2)20-17(25)22-8-6-21(7-9-22)16-18-4-3-5-19-16/h3-5,10-12H,6-9H2,1-2H3,(H,20,25). The van der Waals surface area contributed by atoms with Crippen LogP contribution in [0.25, 0.3) is 0 Å². The summed E-state index contributed by atoms with van der Waals surface area (Å²) in [7, 11) is 3.25. The molecule has 3 rings (SSSR count). The number of hydrogen-bond donors (Lipinski definition) is 1. The summed E-state index contributed by atoms with van der Waals surface area (Å²) in [4.78, 5) is 12.9. The molecule has 2 aromatic rings. The number of rotatable bonds is 4. The second-order valence-electron chi connectivity index (χ2n) is 5.55. The molecule has 25 heavy (non-hydrogen) atoms. The van der Waals surface area contributed by atoms with Crippen LogP contribution >= 0.6 is 12.2 Å². The van der Waals surface area contributed by atoms with Crippen LogP contribution in [0.4, 0.5) is 11.6 Å². The summed E-state index contributed by atoms with van der Waals surface area (Å²) in [5.74, 6) is 2.20. The Labute approximate surface area is 152 Å². The number of thiocarbonyl (C=S) groups is 1. The summed E-state index contributed by atoms with van der Waals surface area (Å²) < 4.78 is 10.6. The van der Waals surface area contributed by atoms with Crippen LogP contribution in [-0.2, 0) is 0 Å². The van der Waals surface area contributed by atoms with Gasteiger partial charge in [0.05, 0.1) is 14.2 Å². The van der Waals surface area contributed by atoms with Gasteiger partial charge in [0, 0.05) is 62.5 Å². The van der Waals surface area contributed by atoms with E-state index in [-0.39, 0.29) is 0 Å². The van der Waals surface area contributed by atoms with Crippen molar-refractivity contribution in [1.82, 2.24) is 14.9 Å². The number of anilines is 2. The lowest BCUT2D eigenvalue weighted by molar-refractivity contribution is 0.387. The number of nitrogens with zero attached hydrogens (tertiary/aromatic N) is 4. The van der Waals surface area contributed by atoms with E-state index in [0.29, 0.717) is 5.11 Å². The van der Waals surface area contributed by atoms with Crippen LogP contribution < -0.4 is 19.7 Å². The molecular formula is C17H21N5O2S. The largest absolute Gasteiger partial charge is 0.497 e. The van der Waals surface area contributed by atoms with Crippen LogP contribution in [-0.4, -0.2) is 60.4 Å². The van der Waals surface area contributed by atoms with Gasteiger partial charge in [-0.25, -0.2) is 9.97 Å². The van der Waals surface area contributed by atoms with E-state index in [2.05, 4.69) is 25.1 Å². The highest BCUT2D eigenvalue weighted by Crippen LogP contribution is 2.26. The second kappa shape index (κ2) is 7.98. The first-order valence-corrected chi connectivity index (χ1v) is 8.41. The monoisotopic (exact) mass is 359 g/mol. The lowest BCUT2D eigenvalue weighted by Gasteiger charge is -2.36. The quantitative estimate of drug-likeness (QED) is 0.832. The van der Waals surface area contributed by atoms with E-state index in [1.54, 1.807) is 26.6 Å². The van der Waals surface area contributed by atoms with E-state index >= 15 is 0 Å². The van der Waals surface area contributed by atoms with Crippen molar-refractivity contribution >= 4 is 29.0 Å². The summed E-state index contributed by atoms with van der Waals surface area (Å²) >= 11 is 5.55. The molecule has 1 aromatic carbocycles. The van der Waals surface area contributed by atoms with E-state index in [1.165, 1.54) is 0 Å². The summed E-state index contributed by atoms with van der Waals surface area (Å²) in [5, 5.41) is 3.95. The third-order valence-corrected chi connectivity index (χ3v) is 4.36. The molecule has 2 heterocycles. The molecule has 0 aliphatic carbocycles. The van der Waals surface area contributed by atoms with Crippen molar-refractivity contribution in [3.8, 4) is 11.5 Å². The molecule has 0 unspecified atom stereocenters. The lowest BCUT2D eigenvalue weighted by atomic mass is 10.2. The molecule has 1 saturated heterocycles. The number of methoxy groups -OCH3 is 2. The minimum atomic E-state index is 0.684. The van der Waals surface area contributed by atoms with Crippen LogP contribution in [0.15, 0.2) is 36.7 Å². The topological polar surface area (TPSA) is 62.8 Å². The van der Waals surface area contributed by atoms with Gasteiger partial charge in [-0.3, -0.25) is 0 Å². The number of aromatic nitrogens is 2. The predicted octanol–water partition coefficient (Wildman–Crippen LogP) is 2.01. The third kappa shape index (κ3) is 4.27. The van der Waals surface area contributed by atoms with Gasteiger partial charge >= 0.3 is 0 Å². The number of ether oxygens (including phenoxy) is 2. The molecule has 1 N–H and O–H groups in total. The van der Waals surface area contributed by atoms with Crippen molar-refractivity contribution in [2.45, 2.75) is 0 Å². The van der Waals surface area contributed by atoms with Crippen molar-refractivity contribution < 1.29 is 9.47 Å². The summed E-state index contributed by atoms with van der Waals surface area (Å²) in [6.07, 6.45) is 3.52. The molecule has 1 aromatic heterocycles. The minimum absolute atomic E-state index is 0.684. The van der Waals surface area contributed by atoms with Crippen molar-refractivity contribution in [3.05, 3.63) is 36.7 Å². The summed E-state index contributed by atoms with van der Waals surface area (Å²) in [6, 6.07) is 7.43. The van der Waals surface area contributed by atoms with E-state index in [1.807, 2.05) is 24.3 Å². The maximum atomic E-state index is 5.55. The zero-order chi connectivity index (χ0) is 17.6. The Bertz CT molecular complexity index is 698. The van der Waals surface area contributed by atoms with Gasteiger partial charge in [-0.05, 0) is 18.3 Å². The van der Waals surface area contributed by atoms with Gasteiger partial charge in [0.15, 0.2) is 5.11 Å². The van der Waals surface area contributed by atoms with E-state index in [4.69, 9.17) is 21.7 Å². The maximum Gasteiger partial charge on any atom is 0.225 e. The molecule has 1 aliphatic heterocycles. The lowest BCUT2D eigenvalue weighted by Crippen LogP contribution is -2.50. The molecule has 0 saturated carbocycles. The molecule has 132 valence electrons. The van der Waals surface area contributed by atoms with Crippen LogP contribution in [0.1, 0.15) is 0 Å². The first-order valence-electron chi connectivity index (χ1n) is 8.00. The van der Waals surface area contributed by atoms with Crippen LogP contribution in [0, 0.1) is 0 Å². The number of nitrogens with one attached hydrogen (secondary N) is 1. The predicted molar refractivity (Wildman–Crippen MR) is 102 cm³/mol. The van der Waals surface area contributed by atoms with Crippen molar-refractivity contribution in [2.24, 2.45) is 0 Å². The van der Waals surface area contributed by atoms with Gasteiger partial charge in [0.1, 0.15) is 11.5 Å². The molecular weight excluding hydrogens is 338 g/mol. The number of benzene rings is 1. The molecule has 0 radical (unpaired) electrons. The summed E-state index contributed by atoms with van der Waals surface area (Å²) in [6.45, 7) is 3.27. The smallest absolute Gasteiger partial charge is 0.225 e. The highest BCUT2D eigenvalue weighted by Gasteiger charge is 2.20. The van der Waals surface area contributed by atoms with E-state index < -0.39 is 0 Å². The van der Waals surface area contributed by atoms with Crippen LogP contribution in [0.2, 0.25) is 0 Å². The normalized spacial score (nSPS) is 14.2. The summed E-state index contributed by atoms with van der Waals surface area (Å²) in [5.41, 5.74) is 0.843. The minimum Gasteiger partial charge on any atom is -0.497 e. The third-order valence-electron chi connectivity index (χ3n) is 4.00. The average molecular weight is 359 g/mol. The van der Waals surface area contributed by atoms with Crippen molar-refractivity contribution in [3.63, 3.8) is 0 Å². The highest BCUT2D eigenvalue weighted by atomic mass is 32.1. The van der Waals surface area contributed by atoms with E-state index in [9.17, 15) is 0 Å². The Morgan fingerprint density at radius 1 is 1.00 bits per heavy atom. The molecule has 1 aliphatic rings. The zero-order valence-electron chi connectivity index (χ0n) is 14.3. The van der Waals surface area contributed by atoms with Gasteiger partial charge in [-0.1, -0.05) is 0 Å². The number of piperazine rings is 1. The molecule has 0 bridgehead atoms. The molecule has 0 atom stereocenters. The average Bonchev–Trinajstić information content (AvgIpc) is 2.68. The molecule has 7 nitrogen and oxygen atoms in total. The highest BCUT2D eigenvalue weighted by molar-refractivity contribution is 7.80. The Hall–Kier alpha value is -2.61. The maximum absolute atomic E-state index is 5.55. The Morgan fingerprint density at radius 2 is 1.60 bits per heavy atom. The fourth-order valence-corrected chi connectivity index (χ4v) is 2.95. The Balaban J connectivity index is 1.60. The zero-order valence-corrected chi connectivity index (χ0v) is 15.1. The van der Waals surface area contributed by atoms with Gasteiger partial charge in [0.2, 0.25) is 5.95 Å². The SMILES string of the molecule is COc1cc(NC(=S)N2CCN(c3ncccn3)CC2)cc(OC)c1.